The highest BCUT2D eigenvalue weighted by Crippen LogP contribution is 2.68. The molecule has 1 N–H and O–H groups in total. The Bertz CT molecular complexity index is 1530. The molecule has 0 amide bonds. The van der Waals surface area contributed by atoms with Gasteiger partial charge in [0.2, 0.25) is 0 Å². The number of allylic oxidation sites excluding steroid dienone is 3. The summed E-state index contributed by atoms with van der Waals surface area (Å²) in [5.41, 5.74) is 2.06. The van der Waals surface area contributed by atoms with Crippen molar-refractivity contribution in [3.63, 3.8) is 0 Å². The molecule has 2 aromatic carbocycles. The number of esters is 1. The van der Waals surface area contributed by atoms with Crippen molar-refractivity contribution in [3.8, 4) is 0 Å². The maximum absolute atomic E-state index is 12.4. The summed E-state index contributed by atoms with van der Waals surface area (Å²) < 4.78 is 13.8. The maximum atomic E-state index is 12.4. The van der Waals surface area contributed by atoms with Crippen LogP contribution in [0.15, 0.2) is 84.0 Å². The molecule has 4 aliphatic rings. The second-order valence-corrected chi connectivity index (χ2v) is 22.7. The molecule has 3 saturated carbocycles. The topological polar surface area (TPSA) is 55.8 Å². The zero-order valence-electron chi connectivity index (χ0n) is 32.4. The van der Waals surface area contributed by atoms with E-state index < -0.39 is 13.9 Å². The summed E-state index contributed by atoms with van der Waals surface area (Å²) in [6.45, 7) is 19.9. The molecule has 2 aromatic rings. The van der Waals surface area contributed by atoms with E-state index in [9.17, 15) is 9.90 Å². The van der Waals surface area contributed by atoms with Gasteiger partial charge in [0.1, 0.15) is 6.10 Å². The number of hydrogen-bond donors (Lipinski definition) is 1. The largest absolute Gasteiger partial charge is 0.462 e. The van der Waals surface area contributed by atoms with Gasteiger partial charge in [-0.25, -0.2) is 0 Å². The van der Waals surface area contributed by atoms with Gasteiger partial charge in [-0.1, -0.05) is 119 Å². The van der Waals surface area contributed by atoms with Crippen molar-refractivity contribution in [2.45, 2.75) is 143 Å². The zero-order chi connectivity index (χ0) is 36.1. The Kier molecular flexibility index (Phi) is 10.3. The summed E-state index contributed by atoms with van der Waals surface area (Å²) in [6.07, 6.45) is 13.7. The van der Waals surface area contributed by atoms with Crippen LogP contribution in [0, 0.1) is 34.5 Å². The number of carbonyl (C=O) groups is 1. The first-order chi connectivity index (χ1) is 23.5. The van der Waals surface area contributed by atoms with Crippen molar-refractivity contribution in [1.82, 2.24) is 0 Å². The van der Waals surface area contributed by atoms with E-state index in [0.717, 1.165) is 44.9 Å². The molecule has 0 aromatic heterocycles. The third-order valence-electron chi connectivity index (χ3n) is 14.0. The fraction of sp³-hybridized carbons (Fsp3) is 0.622. The van der Waals surface area contributed by atoms with Crippen molar-refractivity contribution in [2.24, 2.45) is 34.5 Å². The lowest BCUT2D eigenvalue weighted by atomic mass is 9.46. The summed E-state index contributed by atoms with van der Waals surface area (Å²) in [5, 5.41) is 14.8. The summed E-state index contributed by atoms with van der Waals surface area (Å²) >= 11 is 0. The molecule has 0 aliphatic heterocycles. The molecule has 9 atom stereocenters. The molecule has 0 saturated heterocycles. The predicted octanol–water partition coefficient (Wildman–Crippen LogP) is 9.55. The van der Waals surface area contributed by atoms with Gasteiger partial charge in [-0.3, -0.25) is 4.79 Å². The Morgan fingerprint density at radius 2 is 1.54 bits per heavy atom. The van der Waals surface area contributed by atoms with Gasteiger partial charge in [-0.15, -0.1) is 0 Å². The van der Waals surface area contributed by atoms with Crippen LogP contribution in [0.25, 0.3) is 0 Å². The second-order valence-electron chi connectivity index (χ2n) is 18.5. The molecule has 6 rings (SSSR count). The minimum atomic E-state index is -2.64. The van der Waals surface area contributed by atoms with E-state index in [1.165, 1.54) is 29.3 Å². The van der Waals surface area contributed by atoms with Crippen molar-refractivity contribution < 1.29 is 19.1 Å². The molecule has 0 radical (unpaired) electrons. The molecule has 0 heterocycles. The van der Waals surface area contributed by atoms with Crippen LogP contribution in [0.5, 0.6) is 0 Å². The maximum Gasteiger partial charge on any atom is 0.302 e. The molecule has 5 heteroatoms. The summed E-state index contributed by atoms with van der Waals surface area (Å²) in [7, 11) is -2.64. The molecule has 272 valence electrons. The van der Waals surface area contributed by atoms with Gasteiger partial charge in [0.25, 0.3) is 8.32 Å². The lowest BCUT2D eigenvalue weighted by Gasteiger charge is -2.59. The fourth-order valence-corrected chi connectivity index (χ4v) is 16.6. The Morgan fingerprint density at radius 3 is 2.10 bits per heavy atom. The molecule has 50 heavy (non-hydrogen) atoms. The number of carbonyl (C=O) groups excluding carboxylic acids is 1. The van der Waals surface area contributed by atoms with E-state index >= 15 is 0 Å². The Labute approximate surface area is 304 Å². The molecule has 3 fully saturated rings. The van der Waals surface area contributed by atoms with Crippen LogP contribution in [0.4, 0.5) is 0 Å². The van der Waals surface area contributed by atoms with E-state index in [2.05, 4.69) is 121 Å². The third kappa shape index (κ3) is 6.53. The lowest BCUT2D eigenvalue weighted by Crippen LogP contribution is -2.68. The molecule has 4 nitrogen and oxygen atoms in total. The minimum Gasteiger partial charge on any atom is -0.462 e. The van der Waals surface area contributed by atoms with E-state index in [1.54, 1.807) is 5.57 Å². The van der Waals surface area contributed by atoms with Gasteiger partial charge >= 0.3 is 5.97 Å². The van der Waals surface area contributed by atoms with Crippen LogP contribution in [0.2, 0.25) is 5.04 Å². The summed E-state index contributed by atoms with van der Waals surface area (Å²) in [4.78, 5) is 12.4. The Balaban J connectivity index is 1.29. The van der Waals surface area contributed by atoms with Crippen molar-refractivity contribution >= 4 is 24.7 Å². The number of benzene rings is 2. The van der Waals surface area contributed by atoms with Gasteiger partial charge in [-0.05, 0) is 123 Å². The number of aliphatic hydroxyl groups is 1. The normalized spacial score (nSPS) is 33.6. The van der Waals surface area contributed by atoms with Crippen LogP contribution in [0.3, 0.4) is 0 Å². The molecular weight excluding hydrogens is 633 g/mol. The van der Waals surface area contributed by atoms with E-state index in [4.69, 9.17) is 9.16 Å². The zero-order valence-corrected chi connectivity index (χ0v) is 33.4. The first-order valence-corrected chi connectivity index (χ1v) is 21.4. The van der Waals surface area contributed by atoms with E-state index in [0.29, 0.717) is 24.2 Å². The van der Waals surface area contributed by atoms with Crippen LogP contribution < -0.4 is 10.4 Å². The predicted molar refractivity (Wildman–Crippen MR) is 208 cm³/mol. The van der Waals surface area contributed by atoms with Gasteiger partial charge in [0.15, 0.2) is 0 Å². The first kappa shape index (κ1) is 37.3. The highest BCUT2D eigenvalue weighted by atomic mass is 28.4. The Morgan fingerprint density at radius 1 is 0.920 bits per heavy atom. The standard InChI is InChI=1S/C45H64O4Si/c1-31(2)17-16-26-45(9,47)41-40(48-32(3)46)30-39-37-23-22-33-29-34(24-27-43(33,7)38(37)25-28-44(39,41)8)49-50(42(4,5)6,35-18-12-10-13-19-35)36-20-14-11-15-21-36/h10-15,17-22,34,37-41,47H,16,23-30H2,1-9H3/t34-,37+,38-,39-,40-,41-,43-,44-,45-/m0/s1. The molecule has 0 bridgehead atoms. The monoisotopic (exact) mass is 696 g/mol. The highest BCUT2D eigenvalue weighted by molar-refractivity contribution is 6.99. The fourth-order valence-electron chi connectivity index (χ4n) is 11.9. The van der Waals surface area contributed by atoms with Crippen LogP contribution in [-0.2, 0) is 14.0 Å². The van der Waals surface area contributed by atoms with Crippen molar-refractivity contribution in [1.29, 1.82) is 0 Å². The third-order valence-corrected chi connectivity index (χ3v) is 19.1. The average Bonchev–Trinajstić information content (AvgIpc) is 3.35. The quantitative estimate of drug-likeness (QED) is 0.161. The lowest BCUT2D eigenvalue weighted by molar-refractivity contribution is -0.160. The summed E-state index contributed by atoms with van der Waals surface area (Å²) in [5.74, 6) is 1.27. The molecule has 0 unspecified atom stereocenters. The van der Waals surface area contributed by atoms with Crippen LogP contribution >= 0.6 is 0 Å². The second kappa shape index (κ2) is 13.8. The highest BCUT2D eigenvalue weighted by Gasteiger charge is 2.65. The van der Waals surface area contributed by atoms with E-state index in [-0.39, 0.29) is 40.0 Å². The number of hydrogen-bond acceptors (Lipinski definition) is 4. The van der Waals surface area contributed by atoms with Gasteiger partial charge in [0.05, 0.1) is 5.60 Å². The van der Waals surface area contributed by atoms with Crippen LogP contribution in [0.1, 0.15) is 120 Å². The number of fused-ring (bicyclic) bond motifs is 5. The molecule has 0 spiro atoms. The van der Waals surface area contributed by atoms with Gasteiger partial charge in [0, 0.05) is 18.9 Å². The van der Waals surface area contributed by atoms with Crippen LogP contribution in [-0.4, -0.2) is 37.2 Å². The van der Waals surface area contributed by atoms with Crippen molar-refractivity contribution in [3.05, 3.63) is 84.0 Å². The number of rotatable bonds is 9. The van der Waals surface area contributed by atoms with Gasteiger partial charge < -0.3 is 14.3 Å². The minimum absolute atomic E-state index is 0.0410. The van der Waals surface area contributed by atoms with Crippen molar-refractivity contribution in [2.75, 3.05) is 0 Å². The summed E-state index contributed by atoms with van der Waals surface area (Å²) in [6, 6.07) is 22.2. The first-order valence-electron chi connectivity index (χ1n) is 19.5. The molecular formula is C45H64O4Si. The van der Waals surface area contributed by atoms with Gasteiger partial charge in [-0.2, -0.15) is 0 Å². The molecule has 4 aliphatic carbocycles. The smallest absolute Gasteiger partial charge is 0.302 e. The Hall–Kier alpha value is -2.47. The number of ether oxygens (including phenoxy) is 1. The average molecular weight is 697 g/mol. The van der Waals surface area contributed by atoms with E-state index in [1.807, 2.05) is 6.92 Å². The SMILES string of the molecule is CC(=O)O[C@H]1C[C@H]2[C@@H]3CC=C4C[C@@H](O[Si](c5ccccc5)(c5ccccc5)C(C)(C)C)CC[C@]4(C)[C@H]3CC[C@]2(C)[C@H]1[C@@](C)(O)CCC=C(C)C.